The Morgan fingerprint density at radius 1 is 1.16 bits per heavy atom. The first-order valence-electron chi connectivity index (χ1n) is 10.5. The number of nitrogens with zero attached hydrogens (tertiary/aromatic N) is 3. The standard InChI is InChI=1S/C23H27N3O3S2/c1-17(2)30-19-3-5-20(6-4-19)31(28,29)26-11-8-18(9-12-26)22-16-25(13-14-27)23-15-24-10-7-21(22)23/h3-7,10,14-18H,8-9,11-13H2,1-2H3. The van der Waals surface area contributed by atoms with Crippen molar-refractivity contribution in [3.8, 4) is 0 Å². The largest absolute Gasteiger partial charge is 0.339 e. The van der Waals surface area contributed by atoms with E-state index in [2.05, 4.69) is 18.8 Å². The van der Waals surface area contributed by atoms with Gasteiger partial charge in [0.1, 0.15) is 6.29 Å². The third kappa shape index (κ3) is 4.56. The van der Waals surface area contributed by atoms with Crippen molar-refractivity contribution in [3.63, 3.8) is 0 Å². The molecule has 6 nitrogen and oxygen atoms in total. The second kappa shape index (κ2) is 9.14. The van der Waals surface area contributed by atoms with Crippen molar-refractivity contribution in [1.29, 1.82) is 0 Å². The Hall–Kier alpha value is -2.16. The van der Waals surface area contributed by atoms with Crippen molar-refractivity contribution in [1.82, 2.24) is 13.9 Å². The summed E-state index contributed by atoms with van der Waals surface area (Å²) < 4.78 is 29.8. The molecule has 1 aliphatic heterocycles. The van der Waals surface area contributed by atoms with E-state index in [1.54, 1.807) is 40.6 Å². The molecule has 2 aromatic heterocycles. The molecule has 4 rings (SSSR count). The Morgan fingerprint density at radius 3 is 2.52 bits per heavy atom. The van der Waals surface area contributed by atoms with Crippen LogP contribution in [0.4, 0.5) is 0 Å². The highest BCUT2D eigenvalue weighted by Gasteiger charge is 2.31. The van der Waals surface area contributed by atoms with Crippen molar-refractivity contribution < 1.29 is 13.2 Å². The molecule has 0 spiro atoms. The number of fused-ring (bicyclic) bond motifs is 1. The second-order valence-corrected chi connectivity index (χ2v) is 11.7. The summed E-state index contributed by atoms with van der Waals surface area (Å²) in [4.78, 5) is 16.7. The second-order valence-electron chi connectivity index (χ2n) is 8.11. The molecule has 0 unspecified atom stereocenters. The van der Waals surface area contributed by atoms with E-state index in [4.69, 9.17) is 0 Å². The first-order valence-corrected chi connectivity index (χ1v) is 12.9. The third-order valence-corrected chi connectivity index (χ3v) is 8.64. The van der Waals surface area contributed by atoms with E-state index in [0.717, 1.165) is 34.9 Å². The molecule has 0 atom stereocenters. The lowest BCUT2D eigenvalue weighted by atomic mass is 9.90. The molecular formula is C23H27N3O3S2. The smallest absolute Gasteiger partial charge is 0.243 e. The lowest BCUT2D eigenvalue weighted by molar-refractivity contribution is -0.108. The Morgan fingerprint density at radius 2 is 1.87 bits per heavy atom. The van der Waals surface area contributed by atoms with Gasteiger partial charge < -0.3 is 9.36 Å². The summed E-state index contributed by atoms with van der Waals surface area (Å²) in [6, 6.07) is 9.19. The number of benzene rings is 1. The molecule has 0 radical (unpaired) electrons. The number of aromatic nitrogens is 2. The zero-order chi connectivity index (χ0) is 22.0. The summed E-state index contributed by atoms with van der Waals surface area (Å²) >= 11 is 1.72. The fourth-order valence-corrected chi connectivity index (χ4v) is 6.55. The van der Waals surface area contributed by atoms with Gasteiger partial charge in [-0.3, -0.25) is 4.98 Å². The van der Waals surface area contributed by atoms with Gasteiger partial charge in [0.15, 0.2) is 0 Å². The van der Waals surface area contributed by atoms with Gasteiger partial charge >= 0.3 is 0 Å². The number of rotatable bonds is 7. The van der Waals surface area contributed by atoms with Crippen molar-refractivity contribution >= 4 is 39.0 Å². The van der Waals surface area contributed by atoms with E-state index in [0.29, 0.717) is 29.8 Å². The molecule has 1 aromatic carbocycles. The molecular weight excluding hydrogens is 430 g/mol. The highest BCUT2D eigenvalue weighted by atomic mass is 32.2. The van der Waals surface area contributed by atoms with Gasteiger partial charge in [0.2, 0.25) is 10.0 Å². The summed E-state index contributed by atoms with van der Waals surface area (Å²) in [5.74, 6) is 0.258. The average molecular weight is 458 g/mol. The number of pyridine rings is 1. The molecule has 0 amide bonds. The van der Waals surface area contributed by atoms with Gasteiger partial charge in [-0.1, -0.05) is 13.8 Å². The van der Waals surface area contributed by atoms with Crippen LogP contribution in [0.2, 0.25) is 0 Å². The molecule has 3 heterocycles. The fourth-order valence-electron chi connectivity index (χ4n) is 4.24. The highest BCUT2D eigenvalue weighted by molar-refractivity contribution is 7.99. The Kier molecular flexibility index (Phi) is 6.50. The van der Waals surface area contributed by atoms with E-state index in [-0.39, 0.29) is 5.92 Å². The molecule has 0 aliphatic carbocycles. The Bertz CT molecular complexity index is 1160. The van der Waals surface area contributed by atoms with Crippen LogP contribution >= 0.6 is 11.8 Å². The maximum atomic E-state index is 13.1. The fraction of sp³-hybridized carbons (Fsp3) is 0.391. The molecule has 0 N–H and O–H groups in total. The van der Waals surface area contributed by atoms with Crippen molar-refractivity contribution in [2.45, 2.75) is 54.2 Å². The van der Waals surface area contributed by atoms with Crippen LogP contribution in [0.25, 0.3) is 10.9 Å². The van der Waals surface area contributed by atoms with E-state index in [1.807, 2.05) is 29.0 Å². The Labute approximate surface area is 187 Å². The van der Waals surface area contributed by atoms with E-state index in [9.17, 15) is 13.2 Å². The lowest BCUT2D eigenvalue weighted by Gasteiger charge is -2.31. The van der Waals surface area contributed by atoms with Crippen LogP contribution in [0.1, 0.15) is 38.2 Å². The SMILES string of the molecule is CC(C)Sc1ccc(S(=O)(=O)N2CCC(c3cn(CC=O)c4cnccc34)CC2)cc1. The minimum Gasteiger partial charge on any atom is -0.339 e. The number of hydrogen-bond donors (Lipinski definition) is 0. The molecule has 1 fully saturated rings. The van der Waals surface area contributed by atoms with Crippen LogP contribution in [0, 0.1) is 0 Å². The van der Waals surface area contributed by atoms with Gasteiger partial charge in [0.25, 0.3) is 0 Å². The minimum absolute atomic E-state index is 0.258. The first kappa shape index (κ1) is 22.0. The van der Waals surface area contributed by atoms with E-state index < -0.39 is 10.0 Å². The monoisotopic (exact) mass is 457 g/mol. The highest BCUT2D eigenvalue weighted by Crippen LogP contribution is 2.35. The van der Waals surface area contributed by atoms with Crippen LogP contribution in [-0.4, -0.2) is 46.9 Å². The molecule has 0 saturated carbocycles. The summed E-state index contributed by atoms with van der Waals surface area (Å²) in [6.45, 7) is 5.50. The normalized spacial score (nSPS) is 16.2. The molecule has 8 heteroatoms. The van der Waals surface area contributed by atoms with Gasteiger partial charge in [-0.05, 0) is 54.7 Å². The number of carbonyl (C=O) groups is 1. The predicted molar refractivity (Wildman–Crippen MR) is 124 cm³/mol. The van der Waals surface area contributed by atoms with Gasteiger partial charge in [0.05, 0.1) is 23.2 Å². The number of aldehydes is 1. The van der Waals surface area contributed by atoms with Gasteiger partial charge in [0, 0.05) is 41.0 Å². The predicted octanol–water partition coefficient (Wildman–Crippen LogP) is 4.30. The van der Waals surface area contributed by atoms with Crippen molar-refractivity contribution in [2.75, 3.05) is 13.1 Å². The molecule has 0 bridgehead atoms. The molecule has 164 valence electrons. The quantitative estimate of drug-likeness (QED) is 0.391. The van der Waals surface area contributed by atoms with Crippen LogP contribution in [-0.2, 0) is 21.4 Å². The van der Waals surface area contributed by atoms with E-state index in [1.165, 1.54) is 5.56 Å². The number of carbonyl (C=O) groups excluding carboxylic acids is 1. The maximum Gasteiger partial charge on any atom is 0.243 e. The summed E-state index contributed by atoms with van der Waals surface area (Å²) in [5, 5.41) is 1.55. The van der Waals surface area contributed by atoms with Gasteiger partial charge in [-0.15, -0.1) is 11.8 Å². The zero-order valence-corrected chi connectivity index (χ0v) is 19.4. The molecule has 31 heavy (non-hydrogen) atoms. The number of hydrogen-bond acceptors (Lipinski definition) is 5. The van der Waals surface area contributed by atoms with Gasteiger partial charge in [-0.25, -0.2) is 8.42 Å². The topological polar surface area (TPSA) is 72.3 Å². The van der Waals surface area contributed by atoms with Crippen LogP contribution in [0.3, 0.4) is 0 Å². The average Bonchev–Trinajstić information content (AvgIpc) is 3.13. The van der Waals surface area contributed by atoms with Crippen LogP contribution in [0.5, 0.6) is 0 Å². The van der Waals surface area contributed by atoms with Crippen molar-refractivity contribution in [3.05, 3.63) is 54.5 Å². The maximum absolute atomic E-state index is 13.1. The van der Waals surface area contributed by atoms with Crippen molar-refractivity contribution in [2.24, 2.45) is 0 Å². The van der Waals surface area contributed by atoms with Crippen LogP contribution in [0.15, 0.2) is 58.7 Å². The summed E-state index contributed by atoms with van der Waals surface area (Å²) in [7, 11) is -3.50. The number of piperidine rings is 1. The minimum atomic E-state index is -3.50. The molecule has 3 aromatic rings. The van der Waals surface area contributed by atoms with Gasteiger partial charge in [-0.2, -0.15) is 4.31 Å². The van der Waals surface area contributed by atoms with Crippen LogP contribution < -0.4 is 0 Å². The lowest BCUT2D eigenvalue weighted by Crippen LogP contribution is -2.37. The number of sulfonamides is 1. The summed E-state index contributed by atoms with van der Waals surface area (Å²) in [6.07, 6.45) is 7.96. The Balaban J connectivity index is 1.50. The third-order valence-electron chi connectivity index (χ3n) is 5.71. The number of thioether (sulfide) groups is 1. The van der Waals surface area contributed by atoms with E-state index >= 15 is 0 Å². The summed E-state index contributed by atoms with van der Waals surface area (Å²) in [5.41, 5.74) is 2.12. The molecule has 1 saturated heterocycles. The molecule has 1 aliphatic rings. The zero-order valence-electron chi connectivity index (χ0n) is 17.8. The first-order chi connectivity index (χ1) is 14.9.